The summed E-state index contributed by atoms with van der Waals surface area (Å²) in [5.74, 6) is 1.38. The molecular formula is C29H39FN2OS. The Morgan fingerprint density at radius 1 is 0.794 bits per heavy atom. The molecule has 34 heavy (non-hydrogen) atoms. The van der Waals surface area contributed by atoms with Crippen molar-refractivity contribution in [3.63, 3.8) is 0 Å². The topological polar surface area (TPSA) is 35.0 Å². The quantitative estimate of drug-likeness (QED) is 0.191. The highest BCUT2D eigenvalue weighted by Gasteiger charge is 2.09. The van der Waals surface area contributed by atoms with E-state index < -0.39 is 0 Å². The summed E-state index contributed by atoms with van der Waals surface area (Å²) in [5.41, 5.74) is 2.17. The molecule has 0 aliphatic carbocycles. The third kappa shape index (κ3) is 8.83. The summed E-state index contributed by atoms with van der Waals surface area (Å²) in [7, 11) is 0. The summed E-state index contributed by atoms with van der Waals surface area (Å²) in [6.07, 6.45) is 18.7. The van der Waals surface area contributed by atoms with Crippen LogP contribution in [0.25, 0.3) is 11.4 Å². The van der Waals surface area contributed by atoms with Gasteiger partial charge in [0.2, 0.25) is 0 Å². The van der Waals surface area contributed by atoms with E-state index in [-0.39, 0.29) is 5.82 Å². The number of benzene rings is 1. The van der Waals surface area contributed by atoms with E-state index in [1.165, 1.54) is 74.7 Å². The van der Waals surface area contributed by atoms with Crippen molar-refractivity contribution in [2.75, 3.05) is 0 Å². The molecule has 0 saturated carbocycles. The lowest BCUT2D eigenvalue weighted by molar-refractivity contribution is 0.309. The van der Waals surface area contributed by atoms with Gasteiger partial charge in [-0.2, -0.15) is 0 Å². The lowest BCUT2D eigenvalue weighted by Crippen LogP contribution is -1.95. The van der Waals surface area contributed by atoms with Crippen LogP contribution in [-0.4, -0.2) is 9.97 Å². The van der Waals surface area contributed by atoms with E-state index in [1.54, 1.807) is 6.07 Å². The lowest BCUT2D eigenvalue weighted by atomic mass is 10.1. The van der Waals surface area contributed by atoms with E-state index in [1.807, 2.05) is 36.7 Å². The molecule has 0 aliphatic rings. The van der Waals surface area contributed by atoms with E-state index in [0.717, 1.165) is 46.2 Å². The molecule has 0 amide bonds. The van der Waals surface area contributed by atoms with Crippen molar-refractivity contribution < 1.29 is 9.13 Å². The zero-order valence-corrected chi connectivity index (χ0v) is 21.6. The smallest absolute Gasteiger partial charge is 0.159 e. The van der Waals surface area contributed by atoms with Gasteiger partial charge < -0.3 is 4.74 Å². The average molecular weight is 483 g/mol. The molecule has 3 nitrogen and oxygen atoms in total. The van der Waals surface area contributed by atoms with Gasteiger partial charge in [-0.05, 0) is 55.2 Å². The summed E-state index contributed by atoms with van der Waals surface area (Å²) in [6, 6.07) is 9.39. The molecule has 0 fully saturated rings. The van der Waals surface area contributed by atoms with Gasteiger partial charge in [0.1, 0.15) is 18.2 Å². The van der Waals surface area contributed by atoms with Crippen molar-refractivity contribution >= 4 is 11.3 Å². The first kappa shape index (κ1) is 26.3. The van der Waals surface area contributed by atoms with Crippen LogP contribution in [0.3, 0.4) is 0 Å². The summed E-state index contributed by atoms with van der Waals surface area (Å²) < 4.78 is 19.7. The summed E-state index contributed by atoms with van der Waals surface area (Å²) in [4.78, 5) is 10.9. The first-order chi connectivity index (χ1) is 16.7. The Hall–Kier alpha value is -2.27. The highest BCUT2D eigenvalue weighted by molar-refractivity contribution is 7.12. The molecule has 0 atom stereocenters. The fraction of sp³-hybridized carbons (Fsp3) is 0.517. The minimum Gasteiger partial charge on any atom is -0.488 e. The minimum absolute atomic E-state index is 0.112. The van der Waals surface area contributed by atoms with Gasteiger partial charge in [0.25, 0.3) is 0 Å². The average Bonchev–Trinajstić information content (AvgIpc) is 3.22. The zero-order valence-electron chi connectivity index (χ0n) is 20.8. The molecule has 3 rings (SSSR count). The molecule has 184 valence electrons. The van der Waals surface area contributed by atoms with Crippen LogP contribution < -0.4 is 4.74 Å². The molecule has 0 aliphatic heterocycles. The SMILES string of the molecule is CCCCCCCCCCCc1cnc(-c2ccc(OCc3cc(F)c(CCC)s3)cc2)nc1. The van der Waals surface area contributed by atoms with Crippen LogP contribution in [0.15, 0.2) is 42.7 Å². The molecule has 0 bridgehead atoms. The second kappa shape index (κ2) is 14.9. The number of rotatable bonds is 16. The van der Waals surface area contributed by atoms with Gasteiger partial charge in [-0.15, -0.1) is 11.3 Å². The predicted octanol–water partition coefficient (Wildman–Crippen LogP) is 8.95. The molecule has 0 N–H and O–H groups in total. The monoisotopic (exact) mass is 482 g/mol. The normalized spacial score (nSPS) is 11.1. The Balaban J connectivity index is 1.38. The molecule has 3 aromatic rings. The van der Waals surface area contributed by atoms with Gasteiger partial charge in [0.15, 0.2) is 5.82 Å². The van der Waals surface area contributed by atoms with Crippen molar-refractivity contribution in [2.24, 2.45) is 0 Å². The highest BCUT2D eigenvalue weighted by atomic mass is 32.1. The first-order valence-corrected chi connectivity index (χ1v) is 13.8. The molecule has 1 aromatic carbocycles. The summed E-state index contributed by atoms with van der Waals surface area (Å²) >= 11 is 1.50. The Kier molecular flexibility index (Phi) is 11.5. The number of aromatic nitrogens is 2. The Morgan fingerprint density at radius 2 is 1.44 bits per heavy atom. The molecule has 0 saturated heterocycles. The van der Waals surface area contributed by atoms with Crippen molar-refractivity contribution in [3.05, 3.63) is 63.9 Å². The Morgan fingerprint density at radius 3 is 2.09 bits per heavy atom. The standard InChI is InChI=1S/C29H39FN2OS/c1-3-5-6-7-8-9-10-11-12-14-23-20-31-29(32-21-23)24-15-17-25(18-16-24)33-22-26-19-27(30)28(34-26)13-4-2/h15-21H,3-14,22H2,1-2H3. The maximum atomic E-state index is 13.9. The number of hydrogen-bond acceptors (Lipinski definition) is 4. The van der Waals surface area contributed by atoms with E-state index in [9.17, 15) is 4.39 Å². The first-order valence-electron chi connectivity index (χ1n) is 13.0. The van der Waals surface area contributed by atoms with Crippen molar-refractivity contribution in [3.8, 4) is 17.1 Å². The highest BCUT2D eigenvalue weighted by Crippen LogP contribution is 2.25. The van der Waals surface area contributed by atoms with Crippen LogP contribution in [0.1, 0.15) is 93.4 Å². The third-order valence-corrected chi connectivity index (χ3v) is 7.20. The predicted molar refractivity (Wildman–Crippen MR) is 141 cm³/mol. The van der Waals surface area contributed by atoms with Crippen LogP contribution in [0.2, 0.25) is 0 Å². The van der Waals surface area contributed by atoms with Crippen LogP contribution in [0.4, 0.5) is 4.39 Å². The maximum Gasteiger partial charge on any atom is 0.159 e. The Bertz CT molecular complexity index is 953. The van der Waals surface area contributed by atoms with E-state index in [4.69, 9.17) is 4.74 Å². The number of aryl methyl sites for hydroxylation is 2. The molecule has 0 radical (unpaired) electrons. The largest absolute Gasteiger partial charge is 0.488 e. The van der Waals surface area contributed by atoms with Gasteiger partial charge in [0.05, 0.1) is 0 Å². The number of ether oxygens (including phenoxy) is 1. The van der Waals surface area contributed by atoms with Gasteiger partial charge in [0, 0.05) is 27.7 Å². The summed E-state index contributed by atoms with van der Waals surface area (Å²) in [5, 5.41) is 0. The van der Waals surface area contributed by atoms with E-state index >= 15 is 0 Å². The van der Waals surface area contributed by atoms with Crippen molar-refractivity contribution in [2.45, 2.75) is 97.5 Å². The Labute approximate surface area is 208 Å². The molecule has 0 unspecified atom stereocenters. The fourth-order valence-electron chi connectivity index (χ4n) is 4.05. The fourth-order valence-corrected chi connectivity index (χ4v) is 5.11. The zero-order chi connectivity index (χ0) is 24.0. The van der Waals surface area contributed by atoms with Gasteiger partial charge in [-0.25, -0.2) is 14.4 Å². The molecule has 5 heteroatoms. The van der Waals surface area contributed by atoms with Gasteiger partial charge in [-0.3, -0.25) is 0 Å². The van der Waals surface area contributed by atoms with Gasteiger partial charge >= 0.3 is 0 Å². The van der Waals surface area contributed by atoms with Crippen LogP contribution >= 0.6 is 11.3 Å². The van der Waals surface area contributed by atoms with E-state index in [0.29, 0.717) is 6.61 Å². The van der Waals surface area contributed by atoms with Crippen molar-refractivity contribution in [1.82, 2.24) is 9.97 Å². The number of hydrogen-bond donors (Lipinski definition) is 0. The molecule has 2 aromatic heterocycles. The molecular weight excluding hydrogens is 443 g/mol. The maximum absolute atomic E-state index is 13.9. The molecule has 2 heterocycles. The lowest BCUT2D eigenvalue weighted by Gasteiger charge is -2.06. The molecule has 0 spiro atoms. The number of unbranched alkanes of at least 4 members (excludes halogenated alkanes) is 8. The number of thiophene rings is 1. The van der Waals surface area contributed by atoms with E-state index in [2.05, 4.69) is 23.8 Å². The second-order valence-corrected chi connectivity index (χ2v) is 10.3. The summed E-state index contributed by atoms with van der Waals surface area (Å²) in [6.45, 7) is 4.71. The third-order valence-electron chi connectivity index (χ3n) is 6.05. The minimum atomic E-state index is -0.112. The van der Waals surface area contributed by atoms with Gasteiger partial charge in [-0.1, -0.05) is 71.6 Å². The van der Waals surface area contributed by atoms with Crippen LogP contribution in [-0.2, 0) is 19.4 Å². The number of halogens is 1. The number of nitrogens with zero attached hydrogens (tertiary/aromatic N) is 2. The van der Waals surface area contributed by atoms with Crippen molar-refractivity contribution in [1.29, 1.82) is 0 Å². The van der Waals surface area contributed by atoms with Crippen LogP contribution in [0, 0.1) is 5.82 Å². The second-order valence-electron chi connectivity index (χ2n) is 9.04. The van der Waals surface area contributed by atoms with Crippen LogP contribution in [0.5, 0.6) is 5.75 Å².